The third-order valence-electron chi connectivity index (χ3n) is 4.68. The highest BCUT2D eigenvalue weighted by atomic mass is 32.2. The lowest BCUT2D eigenvalue weighted by atomic mass is 10.1. The fourth-order valence-corrected chi connectivity index (χ4v) is 5.41. The number of benzene rings is 1. The topological polar surface area (TPSA) is 45.2 Å². The molecule has 27 heavy (non-hydrogen) atoms. The van der Waals surface area contributed by atoms with E-state index in [1.807, 2.05) is 24.8 Å². The third-order valence-corrected chi connectivity index (χ3v) is 6.80. The van der Waals surface area contributed by atoms with E-state index in [9.17, 15) is 4.79 Å². The number of aryl methyl sites for hydroxylation is 2. The van der Waals surface area contributed by atoms with Gasteiger partial charge in [0.1, 0.15) is 4.88 Å². The number of aromatic nitrogens is 1. The first kappa shape index (κ1) is 20.4. The number of anilines is 1. The molecule has 1 aliphatic rings. The zero-order chi connectivity index (χ0) is 19.4. The van der Waals surface area contributed by atoms with Crippen molar-refractivity contribution in [3.63, 3.8) is 0 Å². The second-order valence-electron chi connectivity index (χ2n) is 7.61. The molecule has 0 radical (unpaired) electrons. The van der Waals surface area contributed by atoms with Crippen LogP contribution in [0.25, 0.3) is 0 Å². The smallest absolute Gasteiger partial charge is 0.267 e. The SMILES string of the molecule is Cc1cc(CN2CCSCC2)ccc1NC(=O)c1sc(CC(C)C)nc1C. The quantitative estimate of drug-likeness (QED) is 0.755. The van der Waals surface area contributed by atoms with Crippen molar-refractivity contribution in [1.29, 1.82) is 0 Å². The first-order valence-electron chi connectivity index (χ1n) is 9.59. The predicted molar refractivity (Wildman–Crippen MR) is 117 cm³/mol. The van der Waals surface area contributed by atoms with Crippen LogP contribution >= 0.6 is 23.1 Å². The normalized spacial score (nSPS) is 15.3. The zero-order valence-corrected chi connectivity index (χ0v) is 18.3. The number of thiazole rings is 1. The summed E-state index contributed by atoms with van der Waals surface area (Å²) in [4.78, 5) is 20.5. The van der Waals surface area contributed by atoms with Gasteiger partial charge in [-0.05, 0) is 37.0 Å². The van der Waals surface area contributed by atoms with Crippen LogP contribution in [0.1, 0.15) is 45.3 Å². The summed E-state index contributed by atoms with van der Waals surface area (Å²) < 4.78 is 0. The largest absolute Gasteiger partial charge is 0.321 e. The van der Waals surface area contributed by atoms with E-state index in [0.717, 1.165) is 52.9 Å². The molecule has 1 saturated heterocycles. The van der Waals surface area contributed by atoms with Gasteiger partial charge in [0.2, 0.25) is 0 Å². The van der Waals surface area contributed by atoms with Crippen molar-refractivity contribution in [2.75, 3.05) is 29.9 Å². The molecule has 0 atom stereocenters. The van der Waals surface area contributed by atoms with Crippen molar-refractivity contribution in [1.82, 2.24) is 9.88 Å². The van der Waals surface area contributed by atoms with Gasteiger partial charge in [0.15, 0.2) is 0 Å². The van der Waals surface area contributed by atoms with Crippen LogP contribution in [0.2, 0.25) is 0 Å². The molecule has 2 heterocycles. The van der Waals surface area contributed by atoms with E-state index in [2.05, 4.69) is 48.1 Å². The van der Waals surface area contributed by atoms with Gasteiger partial charge in [-0.2, -0.15) is 11.8 Å². The Labute approximate surface area is 170 Å². The Hall–Kier alpha value is -1.37. The number of amides is 1. The van der Waals surface area contributed by atoms with Crippen molar-refractivity contribution in [2.45, 2.75) is 40.7 Å². The Balaban J connectivity index is 1.66. The molecule has 0 bridgehead atoms. The van der Waals surface area contributed by atoms with Gasteiger partial charge in [-0.25, -0.2) is 4.98 Å². The van der Waals surface area contributed by atoms with Gasteiger partial charge < -0.3 is 5.32 Å². The van der Waals surface area contributed by atoms with Crippen LogP contribution in [0, 0.1) is 19.8 Å². The highest BCUT2D eigenvalue weighted by Crippen LogP contribution is 2.24. The summed E-state index contributed by atoms with van der Waals surface area (Å²) in [6, 6.07) is 6.36. The van der Waals surface area contributed by atoms with E-state index in [1.54, 1.807) is 0 Å². The van der Waals surface area contributed by atoms with Gasteiger partial charge in [-0.3, -0.25) is 9.69 Å². The lowest BCUT2D eigenvalue weighted by molar-refractivity contribution is 0.102. The van der Waals surface area contributed by atoms with E-state index in [4.69, 9.17) is 0 Å². The number of carbonyl (C=O) groups excluding carboxylic acids is 1. The summed E-state index contributed by atoms with van der Waals surface area (Å²) in [7, 11) is 0. The maximum absolute atomic E-state index is 12.7. The molecular formula is C21H29N3OS2. The number of nitrogens with one attached hydrogen (secondary N) is 1. The Morgan fingerprint density at radius 2 is 2.00 bits per heavy atom. The van der Waals surface area contributed by atoms with Crippen LogP contribution in [0.15, 0.2) is 18.2 Å². The molecule has 0 spiro atoms. The Kier molecular flexibility index (Phi) is 6.95. The van der Waals surface area contributed by atoms with Crippen LogP contribution < -0.4 is 5.32 Å². The highest BCUT2D eigenvalue weighted by Gasteiger charge is 2.17. The monoisotopic (exact) mass is 403 g/mol. The number of hydrogen-bond acceptors (Lipinski definition) is 5. The van der Waals surface area contributed by atoms with Crippen LogP contribution in [0.3, 0.4) is 0 Å². The maximum Gasteiger partial charge on any atom is 0.267 e. The minimum Gasteiger partial charge on any atom is -0.321 e. The molecular weight excluding hydrogens is 374 g/mol. The van der Waals surface area contributed by atoms with Crippen LogP contribution in [0.5, 0.6) is 0 Å². The fraction of sp³-hybridized carbons (Fsp3) is 0.524. The van der Waals surface area contributed by atoms with Crippen molar-refractivity contribution < 1.29 is 4.79 Å². The Morgan fingerprint density at radius 1 is 1.26 bits per heavy atom. The minimum absolute atomic E-state index is 0.0519. The standard InChI is InChI=1S/C21H29N3OS2/c1-14(2)11-19-22-16(4)20(27-19)21(25)23-18-6-5-17(12-15(18)3)13-24-7-9-26-10-8-24/h5-6,12,14H,7-11,13H2,1-4H3,(H,23,25). The lowest BCUT2D eigenvalue weighted by Crippen LogP contribution is -2.31. The highest BCUT2D eigenvalue weighted by molar-refractivity contribution is 7.99. The second-order valence-corrected chi connectivity index (χ2v) is 9.92. The van der Waals surface area contributed by atoms with Crippen molar-refractivity contribution in [3.8, 4) is 0 Å². The van der Waals surface area contributed by atoms with Crippen LogP contribution in [-0.2, 0) is 13.0 Å². The molecule has 146 valence electrons. The third kappa shape index (κ3) is 5.56. The summed E-state index contributed by atoms with van der Waals surface area (Å²) in [6.07, 6.45) is 0.918. The molecule has 4 nitrogen and oxygen atoms in total. The molecule has 1 aromatic heterocycles. The number of thioether (sulfide) groups is 1. The lowest BCUT2D eigenvalue weighted by Gasteiger charge is -2.26. The molecule has 1 aromatic carbocycles. The molecule has 1 amide bonds. The van der Waals surface area contributed by atoms with Gasteiger partial charge in [0.05, 0.1) is 10.7 Å². The summed E-state index contributed by atoms with van der Waals surface area (Å²) >= 11 is 3.55. The fourth-order valence-electron chi connectivity index (χ4n) is 3.26. The summed E-state index contributed by atoms with van der Waals surface area (Å²) in [5.74, 6) is 2.93. The molecule has 3 rings (SSSR count). The first-order valence-corrected chi connectivity index (χ1v) is 11.6. The van der Waals surface area contributed by atoms with E-state index in [0.29, 0.717) is 5.92 Å². The van der Waals surface area contributed by atoms with Gasteiger partial charge in [-0.15, -0.1) is 11.3 Å². The van der Waals surface area contributed by atoms with Crippen molar-refractivity contribution in [3.05, 3.63) is 44.9 Å². The minimum atomic E-state index is -0.0519. The zero-order valence-electron chi connectivity index (χ0n) is 16.7. The molecule has 1 aliphatic heterocycles. The van der Waals surface area contributed by atoms with Crippen molar-refractivity contribution in [2.24, 2.45) is 5.92 Å². The Morgan fingerprint density at radius 3 is 2.67 bits per heavy atom. The van der Waals surface area contributed by atoms with Gasteiger partial charge in [0, 0.05) is 43.2 Å². The molecule has 6 heteroatoms. The average molecular weight is 404 g/mol. The molecule has 1 fully saturated rings. The summed E-state index contributed by atoms with van der Waals surface area (Å²) in [5, 5.41) is 4.12. The van der Waals surface area contributed by atoms with E-state index >= 15 is 0 Å². The molecule has 0 saturated carbocycles. The maximum atomic E-state index is 12.7. The predicted octanol–water partition coefficient (Wildman–Crippen LogP) is 4.76. The van der Waals surface area contributed by atoms with Gasteiger partial charge in [-0.1, -0.05) is 26.0 Å². The van der Waals surface area contributed by atoms with Gasteiger partial charge >= 0.3 is 0 Å². The average Bonchev–Trinajstić information content (AvgIpc) is 2.98. The summed E-state index contributed by atoms with van der Waals surface area (Å²) in [6.45, 7) is 11.6. The van der Waals surface area contributed by atoms with Crippen molar-refractivity contribution >= 4 is 34.7 Å². The first-order chi connectivity index (χ1) is 12.9. The molecule has 1 N–H and O–H groups in total. The molecule has 0 unspecified atom stereocenters. The van der Waals surface area contributed by atoms with Crippen LogP contribution in [-0.4, -0.2) is 40.4 Å². The second kappa shape index (κ2) is 9.22. The summed E-state index contributed by atoms with van der Waals surface area (Å²) in [5.41, 5.74) is 4.13. The molecule has 2 aromatic rings. The van der Waals surface area contributed by atoms with E-state index in [-0.39, 0.29) is 5.91 Å². The number of carbonyl (C=O) groups is 1. The molecule has 0 aliphatic carbocycles. The number of rotatable bonds is 6. The number of nitrogens with zero attached hydrogens (tertiary/aromatic N) is 2. The van der Waals surface area contributed by atoms with Crippen LogP contribution in [0.4, 0.5) is 5.69 Å². The van der Waals surface area contributed by atoms with E-state index < -0.39 is 0 Å². The Bertz CT molecular complexity index is 795. The van der Waals surface area contributed by atoms with E-state index in [1.165, 1.54) is 28.4 Å². The van der Waals surface area contributed by atoms with Gasteiger partial charge in [0.25, 0.3) is 5.91 Å². The number of hydrogen-bond donors (Lipinski definition) is 1.